The highest BCUT2D eigenvalue weighted by molar-refractivity contribution is 5.79. The van der Waals surface area contributed by atoms with Gasteiger partial charge in [0.25, 0.3) is 0 Å². The van der Waals surface area contributed by atoms with E-state index in [4.69, 9.17) is 9.73 Å². The highest BCUT2D eigenvalue weighted by Gasteiger charge is 2.10. The van der Waals surface area contributed by atoms with Crippen molar-refractivity contribution < 1.29 is 4.74 Å². The van der Waals surface area contributed by atoms with Crippen molar-refractivity contribution in [1.29, 1.82) is 0 Å². The topological polar surface area (TPSA) is 40.1 Å². The first-order chi connectivity index (χ1) is 9.27. The van der Waals surface area contributed by atoms with Gasteiger partial charge < -0.3 is 15.0 Å². The van der Waals surface area contributed by atoms with Crippen LogP contribution < -0.4 is 5.32 Å². The Balaban J connectivity index is 2.33. The van der Waals surface area contributed by atoms with Crippen molar-refractivity contribution in [2.45, 2.75) is 26.7 Å². The molecule has 1 heterocycles. The molecule has 0 atom stereocenters. The molecule has 19 heavy (non-hydrogen) atoms. The van der Waals surface area contributed by atoms with Crippen LogP contribution in [0.1, 0.15) is 26.7 Å². The Labute approximate surface area is 118 Å². The van der Waals surface area contributed by atoms with E-state index in [2.05, 4.69) is 36.0 Å². The summed E-state index contributed by atoms with van der Waals surface area (Å²) in [5.41, 5.74) is 0. The molecule has 5 heteroatoms. The summed E-state index contributed by atoms with van der Waals surface area (Å²) >= 11 is 0. The lowest BCUT2D eigenvalue weighted by Gasteiger charge is -2.26. The van der Waals surface area contributed by atoms with Gasteiger partial charge in [-0.15, -0.1) is 0 Å². The third kappa shape index (κ3) is 6.78. The predicted molar refractivity (Wildman–Crippen MR) is 80.8 cm³/mol. The average molecular weight is 270 g/mol. The second-order valence-electron chi connectivity index (χ2n) is 4.96. The zero-order valence-corrected chi connectivity index (χ0v) is 12.8. The summed E-state index contributed by atoms with van der Waals surface area (Å²) in [6.45, 7) is 12.0. The summed E-state index contributed by atoms with van der Waals surface area (Å²) in [6, 6.07) is 0. The van der Waals surface area contributed by atoms with Crippen molar-refractivity contribution in [3.8, 4) is 0 Å². The van der Waals surface area contributed by atoms with Gasteiger partial charge in [0.2, 0.25) is 0 Å². The van der Waals surface area contributed by atoms with Gasteiger partial charge in [-0.25, -0.2) is 0 Å². The molecule has 0 aromatic carbocycles. The van der Waals surface area contributed by atoms with E-state index in [1.807, 2.05) is 0 Å². The number of hydrogen-bond donors (Lipinski definition) is 1. The minimum Gasteiger partial charge on any atom is -0.379 e. The number of ether oxygens (including phenoxy) is 1. The Morgan fingerprint density at radius 2 is 2.05 bits per heavy atom. The summed E-state index contributed by atoms with van der Waals surface area (Å²) in [7, 11) is 2.12. The minimum absolute atomic E-state index is 0.860. The molecule has 0 amide bonds. The van der Waals surface area contributed by atoms with Crippen LogP contribution in [0.25, 0.3) is 0 Å². The molecule has 0 aromatic rings. The van der Waals surface area contributed by atoms with Crippen LogP contribution in [0.15, 0.2) is 4.99 Å². The Morgan fingerprint density at radius 3 is 2.68 bits per heavy atom. The Morgan fingerprint density at radius 1 is 1.32 bits per heavy atom. The fourth-order valence-corrected chi connectivity index (χ4v) is 2.09. The first-order valence-electron chi connectivity index (χ1n) is 7.57. The molecule has 0 radical (unpaired) electrons. The maximum atomic E-state index is 5.35. The molecular weight excluding hydrogens is 240 g/mol. The van der Waals surface area contributed by atoms with Crippen LogP contribution in [0.2, 0.25) is 0 Å². The van der Waals surface area contributed by atoms with Crippen molar-refractivity contribution in [2.75, 3.05) is 59.5 Å². The summed E-state index contributed by atoms with van der Waals surface area (Å²) in [6.07, 6.45) is 2.43. The maximum Gasteiger partial charge on any atom is 0.193 e. The van der Waals surface area contributed by atoms with Crippen LogP contribution in [-0.2, 0) is 4.74 Å². The van der Waals surface area contributed by atoms with E-state index >= 15 is 0 Å². The second-order valence-corrected chi connectivity index (χ2v) is 4.96. The number of rotatable bonds is 7. The summed E-state index contributed by atoms with van der Waals surface area (Å²) in [4.78, 5) is 9.36. The number of nitrogens with one attached hydrogen (secondary N) is 1. The van der Waals surface area contributed by atoms with E-state index in [0.29, 0.717) is 0 Å². The molecule has 0 saturated carbocycles. The average Bonchev–Trinajstić information content (AvgIpc) is 2.45. The Bertz CT molecular complexity index is 252. The minimum atomic E-state index is 0.860. The standard InChI is InChI=1S/C14H30N4O/c1-4-6-8-17(3)14(15-5-2)16-7-9-18-10-12-19-13-11-18/h4-13H2,1-3H3,(H,15,16). The molecule has 0 spiro atoms. The number of nitrogens with zero attached hydrogens (tertiary/aromatic N) is 3. The molecule has 0 bridgehead atoms. The Kier molecular flexibility index (Phi) is 8.58. The maximum absolute atomic E-state index is 5.35. The molecule has 1 aliphatic rings. The van der Waals surface area contributed by atoms with E-state index in [0.717, 1.165) is 58.4 Å². The van der Waals surface area contributed by atoms with Gasteiger partial charge in [-0.1, -0.05) is 13.3 Å². The molecule has 1 N–H and O–H groups in total. The van der Waals surface area contributed by atoms with E-state index in [-0.39, 0.29) is 0 Å². The molecule has 0 unspecified atom stereocenters. The fourth-order valence-electron chi connectivity index (χ4n) is 2.09. The first kappa shape index (κ1) is 16.2. The lowest BCUT2D eigenvalue weighted by atomic mass is 10.3. The highest BCUT2D eigenvalue weighted by Crippen LogP contribution is 1.97. The van der Waals surface area contributed by atoms with Gasteiger partial charge >= 0.3 is 0 Å². The normalized spacial score (nSPS) is 17.5. The van der Waals surface area contributed by atoms with Gasteiger partial charge in [0.05, 0.1) is 19.8 Å². The van der Waals surface area contributed by atoms with Gasteiger partial charge in [0.15, 0.2) is 5.96 Å². The van der Waals surface area contributed by atoms with Crippen LogP contribution in [0.5, 0.6) is 0 Å². The van der Waals surface area contributed by atoms with Crippen molar-refractivity contribution >= 4 is 5.96 Å². The van der Waals surface area contributed by atoms with Crippen molar-refractivity contribution in [2.24, 2.45) is 4.99 Å². The molecule has 1 aliphatic heterocycles. The van der Waals surface area contributed by atoms with Crippen LogP contribution >= 0.6 is 0 Å². The van der Waals surface area contributed by atoms with Crippen LogP contribution in [0.4, 0.5) is 0 Å². The van der Waals surface area contributed by atoms with Gasteiger partial charge in [-0.2, -0.15) is 0 Å². The van der Waals surface area contributed by atoms with Gasteiger partial charge in [0.1, 0.15) is 0 Å². The number of hydrogen-bond acceptors (Lipinski definition) is 3. The quantitative estimate of drug-likeness (QED) is 0.554. The third-order valence-corrected chi connectivity index (χ3v) is 3.33. The van der Waals surface area contributed by atoms with Crippen LogP contribution in [0, 0.1) is 0 Å². The number of aliphatic imine (C=N–C) groups is 1. The first-order valence-corrected chi connectivity index (χ1v) is 7.57. The van der Waals surface area contributed by atoms with E-state index in [1.165, 1.54) is 12.8 Å². The summed E-state index contributed by atoms with van der Waals surface area (Å²) < 4.78 is 5.35. The van der Waals surface area contributed by atoms with Gasteiger partial charge in [0, 0.05) is 39.8 Å². The largest absolute Gasteiger partial charge is 0.379 e. The fraction of sp³-hybridized carbons (Fsp3) is 0.929. The molecule has 112 valence electrons. The summed E-state index contributed by atoms with van der Waals surface area (Å²) in [5.74, 6) is 1.03. The zero-order valence-electron chi connectivity index (χ0n) is 12.8. The summed E-state index contributed by atoms with van der Waals surface area (Å²) in [5, 5.41) is 3.36. The number of unbranched alkanes of at least 4 members (excludes halogenated alkanes) is 1. The molecule has 0 aliphatic carbocycles. The van der Waals surface area contributed by atoms with E-state index in [1.54, 1.807) is 0 Å². The highest BCUT2D eigenvalue weighted by atomic mass is 16.5. The Hall–Kier alpha value is -0.810. The lowest BCUT2D eigenvalue weighted by molar-refractivity contribution is 0.0394. The zero-order chi connectivity index (χ0) is 13.9. The number of morpholine rings is 1. The van der Waals surface area contributed by atoms with Crippen molar-refractivity contribution in [3.05, 3.63) is 0 Å². The SMILES string of the molecule is CCCCN(C)C(=NCCN1CCOCC1)NCC. The molecule has 0 aromatic heterocycles. The second kappa shape index (κ2) is 10.0. The monoisotopic (exact) mass is 270 g/mol. The van der Waals surface area contributed by atoms with Crippen molar-refractivity contribution in [3.63, 3.8) is 0 Å². The number of guanidine groups is 1. The van der Waals surface area contributed by atoms with Crippen LogP contribution in [0.3, 0.4) is 0 Å². The molecule has 1 fully saturated rings. The van der Waals surface area contributed by atoms with Gasteiger partial charge in [-0.05, 0) is 13.3 Å². The molecular formula is C14H30N4O. The molecule has 1 rings (SSSR count). The third-order valence-electron chi connectivity index (χ3n) is 3.33. The molecule has 1 saturated heterocycles. The van der Waals surface area contributed by atoms with Crippen LogP contribution in [-0.4, -0.2) is 75.3 Å². The van der Waals surface area contributed by atoms with E-state index in [9.17, 15) is 0 Å². The predicted octanol–water partition coefficient (Wildman–Crippen LogP) is 1.02. The smallest absolute Gasteiger partial charge is 0.193 e. The van der Waals surface area contributed by atoms with Crippen molar-refractivity contribution in [1.82, 2.24) is 15.1 Å². The van der Waals surface area contributed by atoms with E-state index < -0.39 is 0 Å². The van der Waals surface area contributed by atoms with Gasteiger partial charge in [-0.3, -0.25) is 9.89 Å². The molecule has 5 nitrogen and oxygen atoms in total. The lowest BCUT2D eigenvalue weighted by Crippen LogP contribution is -2.41.